The molecule has 1 aliphatic heterocycles. The lowest BCUT2D eigenvalue weighted by Crippen LogP contribution is -2.56. The summed E-state index contributed by atoms with van der Waals surface area (Å²) in [7, 11) is -3.07. The predicted molar refractivity (Wildman–Crippen MR) is 64.3 cm³/mol. The minimum absolute atomic E-state index is 0.0727. The molecule has 0 bridgehead atoms. The highest BCUT2D eigenvalue weighted by molar-refractivity contribution is 7.89. The van der Waals surface area contributed by atoms with Crippen LogP contribution >= 0.6 is 0 Å². The number of hydrogen-bond donors (Lipinski definition) is 0. The third kappa shape index (κ3) is 2.95. The van der Waals surface area contributed by atoms with E-state index in [-0.39, 0.29) is 11.9 Å². The van der Waals surface area contributed by atoms with Crippen molar-refractivity contribution in [3.05, 3.63) is 24.4 Å². The molecule has 0 atom stereocenters. The zero-order valence-corrected chi connectivity index (χ0v) is 10.6. The first-order valence-electron chi connectivity index (χ1n) is 5.67. The van der Waals surface area contributed by atoms with Crippen molar-refractivity contribution in [1.29, 1.82) is 0 Å². The maximum atomic E-state index is 11.7. The molecule has 5 nitrogen and oxygen atoms in total. The summed E-state index contributed by atoms with van der Waals surface area (Å²) in [5, 5.41) is 0. The van der Waals surface area contributed by atoms with Crippen molar-refractivity contribution in [1.82, 2.24) is 9.29 Å². The van der Waals surface area contributed by atoms with E-state index in [0.29, 0.717) is 25.4 Å². The van der Waals surface area contributed by atoms with Crippen molar-refractivity contribution in [2.45, 2.75) is 19.4 Å². The summed E-state index contributed by atoms with van der Waals surface area (Å²) in [5.41, 5.74) is 0. The minimum Gasteiger partial charge on any atom is -0.472 e. The van der Waals surface area contributed by atoms with Crippen LogP contribution in [0.5, 0.6) is 5.88 Å². The van der Waals surface area contributed by atoms with E-state index in [4.69, 9.17) is 4.74 Å². The fraction of sp³-hybridized carbons (Fsp3) is 0.545. The summed E-state index contributed by atoms with van der Waals surface area (Å²) in [6, 6.07) is 5.42. The third-order valence-electron chi connectivity index (χ3n) is 2.60. The van der Waals surface area contributed by atoms with Gasteiger partial charge in [0.2, 0.25) is 15.9 Å². The molecule has 1 aromatic rings. The number of pyridine rings is 1. The Balaban J connectivity index is 1.84. The zero-order chi connectivity index (χ0) is 12.3. The van der Waals surface area contributed by atoms with Gasteiger partial charge in [0.25, 0.3) is 0 Å². The first-order valence-corrected chi connectivity index (χ1v) is 7.28. The number of nitrogens with zero attached hydrogens (tertiary/aromatic N) is 2. The number of sulfonamides is 1. The fourth-order valence-corrected chi connectivity index (χ4v) is 3.24. The molecule has 94 valence electrons. The predicted octanol–water partition coefficient (Wildman–Crippen LogP) is 0.884. The van der Waals surface area contributed by atoms with Crippen molar-refractivity contribution in [3.8, 4) is 5.88 Å². The first-order chi connectivity index (χ1) is 8.12. The maximum Gasteiger partial charge on any atom is 0.214 e. The van der Waals surface area contributed by atoms with E-state index in [2.05, 4.69) is 4.98 Å². The Hall–Kier alpha value is -1.14. The lowest BCUT2D eigenvalue weighted by Gasteiger charge is -2.37. The van der Waals surface area contributed by atoms with Gasteiger partial charge in [0.15, 0.2) is 0 Å². The Morgan fingerprint density at radius 3 is 2.82 bits per heavy atom. The van der Waals surface area contributed by atoms with Crippen LogP contribution in [0.25, 0.3) is 0 Å². The summed E-state index contributed by atoms with van der Waals surface area (Å²) in [5.74, 6) is 0.758. The molecule has 1 fully saturated rings. The quantitative estimate of drug-likeness (QED) is 0.785. The molecule has 17 heavy (non-hydrogen) atoms. The van der Waals surface area contributed by atoms with Gasteiger partial charge >= 0.3 is 0 Å². The summed E-state index contributed by atoms with van der Waals surface area (Å²) < 4.78 is 30.3. The average Bonchev–Trinajstić information content (AvgIpc) is 2.24. The van der Waals surface area contributed by atoms with Crippen molar-refractivity contribution in [2.24, 2.45) is 0 Å². The van der Waals surface area contributed by atoms with Gasteiger partial charge in [-0.3, -0.25) is 0 Å². The van der Waals surface area contributed by atoms with Crippen LogP contribution < -0.4 is 4.74 Å². The third-order valence-corrected chi connectivity index (χ3v) is 4.60. The largest absolute Gasteiger partial charge is 0.472 e. The van der Waals surface area contributed by atoms with E-state index in [1.54, 1.807) is 12.3 Å². The summed E-state index contributed by atoms with van der Waals surface area (Å²) in [6.45, 7) is 2.72. The van der Waals surface area contributed by atoms with Gasteiger partial charge in [0.05, 0.1) is 18.8 Å². The van der Waals surface area contributed by atoms with Crippen LogP contribution in [0.2, 0.25) is 0 Å². The lowest BCUT2D eigenvalue weighted by molar-refractivity contribution is 0.0721. The molecule has 0 unspecified atom stereocenters. The Morgan fingerprint density at radius 2 is 2.24 bits per heavy atom. The number of rotatable bonds is 5. The van der Waals surface area contributed by atoms with Gasteiger partial charge < -0.3 is 4.74 Å². The second kappa shape index (κ2) is 5.01. The molecular formula is C11H16N2O3S. The van der Waals surface area contributed by atoms with Crippen LogP contribution in [0.3, 0.4) is 0 Å². The van der Waals surface area contributed by atoms with E-state index in [9.17, 15) is 8.42 Å². The minimum atomic E-state index is -3.07. The molecule has 0 amide bonds. The van der Waals surface area contributed by atoms with Gasteiger partial charge in [-0.2, -0.15) is 4.31 Å². The fourth-order valence-electron chi connectivity index (χ4n) is 1.68. The van der Waals surface area contributed by atoms with Crippen LogP contribution in [-0.2, 0) is 10.0 Å². The first kappa shape index (κ1) is 12.3. The molecule has 0 aromatic carbocycles. The van der Waals surface area contributed by atoms with Crippen LogP contribution in [0.4, 0.5) is 0 Å². The van der Waals surface area contributed by atoms with Gasteiger partial charge in [-0.25, -0.2) is 13.4 Å². The van der Waals surface area contributed by atoms with Gasteiger partial charge in [-0.15, -0.1) is 0 Å². The molecule has 1 aliphatic rings. The number of hydrogen-bond acceptors (Lipinski definition) is 4. The van der Waals surface area contributed by atoms with E-state index in [1.165, 1.54) is 4.31 Å². The molecule has 0 spiro atoms. The molecule has 0 saturated carbocycles. The molecular weight excluding hydrogens is 240 g/mol. The van der Waals surface area contributed by atoms with Crippen molar-refractivity contribution in [3.63, 3.8) is 0 Å². The normalized spacial score (nSPS) is 17.7. The van der Waals surface area contributed by atoms with E-state index in [1.807, 2.05) is 19.1 Å². The molecule has 0 aliphatic carbocycles. The van der Waals surface area contributed by atoms with E-state index >= 15 is 0 Å². The molecule has 6 heteroatoms. The highest BCUT2D eigenvalue weighted by Crippen LogP contribution is 2.19. The summed E-state index contributed by atoms with van der Waals surface area (Å²) in [6.07, 6.45) is 2.22. The molecule has 1 aromatic heterocycles. The van der Waals surface area contributed by atoms with E-state index in [0.717, 1.165) is 0 Å². The zero-order valence-electron chi connectivity index (χ0n) is 9.74. The summed E-state index contributed by atoms with van der Waals surface area (Å²) in [4.78, 5) is 4.03. The molecule has 1 saturated heterocycles. The van der Waals surface area contributed by atoms with Crippen LogP contribution in [0.1, 0.15) is 13.3 Å². The second-order valence-corrected chi connectivity index (χ2v) is 6.13. The SMILES string of the molecule is CCCS(=O)(=O)N1CC(Oc2ccccn2)C1. The van der Waals surface area contributed by atoms with Gasteiger partial charge in [-0.05, 0) is 12.5 Å². The van der Waals surface area contributed by atoms with Crippen molar-refractivity contribution >= 4 is 10.0 Å². The van der Waals surface area contributed by atoms with Crippen LogP contribution in [0, 0.1) is 0 Å². The summed E-state index contributed by atoms with van der Waals surface area (Å²) >= 11 is 0. The van der Waals surface area contributed by atoms with Gasteiger partial charge in [-0.1, -0.05) is 13.0 Å². The Kier molecular flexibility index (Phi) is 3.63. The Morgan fingerprint density at radius 1 is 1.47 bits per heavy atom. The Labute approximate surface area is 101 Å². The van der Waals surface area contributed by atoms with Gasteiger partial charge in [0, 0.05) is 12.3 Å². The van der Waals surface area contributed by atoms with Crippen molar-refractivity contribution < 1.29 is 13.2 Å². The van der Waals surface area contributed by atoms with E-state index < -0.39 is 10.0 Å². The smallest absolute Gasteiger partial charge is 0.214 e. The topological polar surface area (TPSA) is 59.5 Å². The Bertz CT molecular complexity index is 455. The van der Waals surface area contributed by atoms with Crippen LogP contribution in [-0.4, -0.2) is 42.7 Å². The van der Waals surface area contributed by atoms with Crippen molar-refractivity contribution in [2.75, 3.05) is 18.8 Å². The van der Waals surface area contributed by atoms with Gasteiger partial charge in [0.1, 0.15) is 6.10 Å². The van der Waals surface area contributed by atoms with Crippen LogP contribution in [0.15, 0.2) is 24.4 Å². The highest BCUT2D eigenvalue weighted by atomic mass is 32.2. The lowest BCUT2D eigenvalue weighted by atomic mass is 10.2. The molecule has 0 N–H and O–H groups in total. The number of ether oxygens (including phenoxy) is 1. The standard InChI is InChI=1S/C11H16N2O3S/c1-2-7-17(14,15)13-8-10(9-13)16-11-5-3-4-6-12-11/h3-6,10H,2,7-9H2,1H3. The number of aromatic nitrogens is 1. The molecule has 2 heterocycles. The highest BCUT2D eigenvalue weighted by Gasteiger charge is 2.36. The second-order valence-electron chi connectivity index (χ2n) is 4.04. The molecule has 0 radical (unpaired) electrons. The molecule has 2 rings (SSSR count). The average molecular weight is 256 g/mol. The monoisotopic (exact) mass is 256 g/mol. The maximum absolute atomic E-state index is 11.7.